The Kier molecular flexibility index (Phi) is 11.2. The van der Waals surface area contributed by atoms with Crippen LogP contribution in [0.25, 0.3) is 56.7 Å². The van der Waals surface area contributed by atoms with Gasteiger partial charge in [-0.25, -0.2) is 0 Å². The Hall–Kier alpha value is -5.66. The van der Waals surface area contributed by atoms with Crippen LogP contribution in [0, 0.1) is 11.8 Å². The van der Waals surface area contributed by atoms with E-state index in [0.29, 0.717) is 19.1 Å². The van der Waals surface area contributed by atoms with E-state index in [-0.39, 0.29) is 0 Å². The second kappa shape index (κ2) is 17.4. The first-order chi connectivity index (χ1) is 31.4. The molecule has 0 N–H and O–H groups in total. The summed E-state index contributed by atoms with van der Waals surface area (Å²) in [6, 6.07) is 72.8. The quantitative estimate of drug-likeness (QED) is 0.113. The molecule has 8 aromatic rings. The van der Waals surface area contributed by atoms with E-state index in [1.807, 2.05) is 0 Å². The van der Waals surface area contributed by atoms with E-state index < -0.39 is 31.3 Å². The zero-order valence-electron chi connectivity index (χ0n) is 37.5. The summed E-state index contributed by atoms with van der Waals surface area (Å²) in [4.78, 5) is 0. The average molecular weight is 919 g/mol. The molecule has 0 fully saturated rings. The summed E-state index contributed by atoms with van der Waals surface area (Å²) in [5.74, 6) is 1.14. The number of hydrogen-bond donors (Lipinski definition) is 0. The Labute approximate surface area is 391 Å². The minimum atomic E-state index is -3.17. The molecule has 1 aliphatic heterocycles. The summed E-state index contributed by atoms with van der Waals surface area (Å²) in [5, 5.41) is 3.30. The first kappa shape index (κ1) is 41.1. The van der Waals surface area contributed by atoms with Gasteiger partial charge in [-0.15, -0.1) is 0 Å². The van der Waals surface area contributed by atoms with E-state index in [0.717, 1.165) is 12.8 Å². The number of allylic oxidation sites excluding steroid dienone is 2. The standard InChI is InChI=1S/2C25H23.C12H9Si.Zr/c2*1-18(2)15-20-11-6-7-13-23(20)24-14-8-12-21-16-22(17-25(21)24)19-9-4-3-5-10-19;1-3-7-11-9(5-1)10-6-2-4-8-12(10)13-11;/h2*3-14,16-18H,15H2,1-2H3;1-7H,13H2;. The molecule has 2 atom stereocenters. The van der Waals surface area contributed by atoms with E-state index >= 15 is 0 Å². The van der Waals surface area contributed by atoms with Crippen LogP contribution >= 0.6 is 0 Å². The summed E-state index contributed by atoms with van der Waals surface area (Å²) >= 11 is -3.17. The average Bonchev–Trinajstić information content (AvgIpc) is 4.03. The molecule has 2 unspecified atom stereocenters. The molecule has 3 aliphatic rings. The maximum absolute atomic E-state index is 3.17. The van der Waals surface area contributed by atoms with Gasteiger partial charge in [0.25, 0.3) is 0 Å². The number of hydrogen-bond acceptors (Lipinski definition) is 0. The van der Waals surface area contributed by atoms with Gasteiger partial charge >= 0.3 is 394 Å². The van der Waals surface area contributed by atoms with Gasteiger partial charge in [0.15, 0.2) is 0 Å². The van der Waals surface area contributed by atoms with E-state index in [2.05, 4.69) is 228 Å². The predicted molar refractivity (Wildman–Crippen MR) is 274 cm³/mol. The van der Waals surface area contributed by atoms with Gasteiger partial charge in [0, 0.05) is 0 Å². The normalized spacial score (nSPS) is 16.1. The monoisotopic (exact) mass is 917 g/mol. The summed E-state index contributed by atoms with van der Waals surface area (Å²) in [5.41, 5.74) is 23.0. The van der Waals surface area contributed by atoms with E-state index in [1.165, 1.54) is 89.0 Å². The number of benzene rings is 8. The van der Waals surface area contributed by atoms with E-state index in [9.17, 15) is 0 Å². The maximum atomic E-state index is 2.65. The summed E-state index contributed by atoms with van der Waals surface area (Å²) < 4.78 is 2.31. The van der Waals surface area contributed by atoms with Crippen molar-refractivity contribution in [1.82, 2.24) is 0 Å². The molecule has 0 radical (unpaired) electrons. The van der Waals surface area contributed by atoms with Crippen LogP contribution in [0.3, 0.4) is 0 Å². The molecular formula is C62H55SiZr. The Bertz CT molecular complexity index is 2940. The van der Waals surface area contributed by atoms with Crippen molar-refractivity contribution in [3.8, 4) is 33.4 Å². The SMILES string of the molecule is CC(C)Cc1ccccc1-c1cccc2c1C=C(c1ccccc1)[CH]2[Zr]([c]1cccc2c1[SiH2]c1ccccc1-2)[CH]1C(c2ccccc2)=Cc2c(-c3ccccc3CC(C)C)cccc21. The Morgan fingerprint density at radius 2 is 0.828 bits per heavy atom. The number of rotatable bonds is 11. The third-order valence-corrected chi connectivity index (χ3v) is 25.8. The first-order valence-electron chi connectivity index (χ1n) is 23.5. The van der Waals surface area contributed by atoms with Gasteiger partial charge in [0.1, 0.15) is 0 Å². The molecule has 0 spiro atoms. The molecule has 0 amide bonds. The fourth-order valence-corrected chi connectivity index (χ4v) is 25.2. The molecule has 0 nitrogen and oxygen atoms in total. The van der Waals surface area contributed by atoms with Crippen LogP contribution in [-0.2, 0) is 34.6 Å². The van der Waals surface area contributed by atoms with Crippen molar-refractivity contribution in [2.45, 2.75) is 47.8 Å². The molecule has 64 heavy (non-hydrogen) atoms. The molecule has 1 heterocycles. The van der Waals surface area contributed by atoms with Gasteiger partial charge in [-0.1, -0.05) is 0 Å². The van der Waals surface area contributed by atoms with Gasteiger partial charge in [0.2, 0.25) is 0 Å². The summed E-state index contributed by atoms with van der Waals surface area (Å²) in [6.45, 7) is 9.39. The molecule has 11 rings (SSSR count). The van der Waals surface area contributed by atoms with Crippen LogP contribution < -0.4 is 13.6 Å². The van der Waals surface area contributed by atoms with Crippen LogP contribution in [0.5, 0.6) is 0 Å². The summed E-state index contributed by atoms with van der Waals surface area (Å²) in [6.07, 6.45) is 7.42. The molecule has 2 aliphatic carbocycles. The molecule has 0 saturated heterocycles. The predicted octanol–water partition coefficient (Wildman–Crippen LogP) is 13.4. The minimum absolute atomic E-state index is 0.293. The molecule has 311 valence electrons. The second-order valence-electron chi connectivity index (χ2n) is 19.0. The zero-order chi connectivity index (χ0) is 43.3. The van der Waals surface area contributed by atoms with Crippen LogP contribution in [0.4, 0.5) is 0 Å². The molecule has 2 heteroatoms. The van der Waals surface area contributed by atoms with Gasteiger partial charge in [-0.2, -0.15) is 0 Å². The zero-order valence-corrected chi connectivity index (χ0v) is 41.4. The number of fused-ring (bicyclic) bond motifs is 5. The molecule has 8 aromatic carbocycles. The fraction of sp³-hybridized carbons (Fsp3) is 0.161. The summed E-state index contributed by atoms with van der Waals surface area (Å²) in [7, 11) is -0.718. The van der Waals surface area contributed by atoms with Crippen molar-refractivity contribution in [1.29, 1.82) is 0 Å². The topological polar surface area (TPSA) is 0 Å². The van der Waals surface area contributed by atoms with Gasteiger partial charge in [0.05, 0.1) is 0 Å². The molecule has 0 aromatic heterocycles. The van der Waals surface area contributed by atoms with Crippen LogP contribution in [0.15, 0.2) is 188 Å². The third-order valence-electron chi connectivity index (χ3n) is 14.0. The van der Waals surface area contributed by atoms with Crippen molar-refractivity contribution < 1.29 is 21.8 Å². The van der Waals surface area contributed by atoms with Crippen molar-refractivity contribution in [2.24, 2.45) is 11.8 Å². The Morgan fingerprint density at radius 3 is 1.34 bits per heavy atom. The van der Waals surface area contributed by atoms with Crippen molar-refractivity contribution >= 4 is 46.5 Å². The molecule has 0 bridgehead atoms. The van der Waals surface area contributed by atoms with E-state index in [1.54, 1.807) is 13.6 Å². The van der Waals surface area contributed by atoms with Crippen molar-refractivity contribution in [3.05, 3.63) is 233 Å². The Morgan fingerprint density at radius 1 is 0.406 bits per heavy atom. The van der Waals surface area contributed by atoms with Gasteiger partial charge < -0.3 is 0 Å². The van der Waals surface area contributed by atoms with Crippen molar-refractivity contribution in [3.63, 3.8) is 0 Å². The van der Waals surface area contributed by atoms with Gasteiger partial charge in [-0.3, -0.25) is 0 Å². The molecular weight excluding hydrogens is 864 g/mol. The molecule has 0 saturated carbocycles. The fourth-order valence-electron chi connectivity index (χ4n) is 11.4. The van der Waals surface area contributed by atoms with Gasteiger partial charge in [-0.05, 0) is 0 Å². The van der Waals surface area contributed by atoms with E-state index in [4.69, 9.17) is 0 Å². The Balaban J connectivity index is 1.21. The first-order valence-corrected chi connectivity index (χ1v) is 28.9. The van der Waals surface area contributed by atoms with Crippen LogP contribution in [0.2, 0.25) is 0 Å². The van der Waals surface area contributed by atoms with Crippen LogP contribution in [-0.4, -0.2) is 9.52 Å². The van der Waals surface area contributed by atoms with Crippen molar-refractivity contribution in [2.75, 3.05) is 0 Å². The third kappa shape index (κ3) is 7.34. The van der Waals surface area contributed by atoms with Crippen LogP contribution in [0.1, 0.15) is 79.5 Å². The second-order valence-corrected chi connectivity index (χ2v) is 27.3.